The zero-order valence-electron chi connectivity index (χ0n) is 13.9. The minimum absolute atomic E-state index is 0.646. The second-order valence-electron chi connectivity index (χ2n) is 5.13. The van der Waals surface area contributed by atoms with Gasteiger partial charge in [-0.05, 0) is 6.42 Å². The van der Waals surface area contributed by atoms with Crippen LogP contribution >= 0.6 is 11.8 Å². The van der Waals surface area contributed by atoms with Crippen LogP contribution in [0.1, 0.15) is 45.1 Å². The molecule has 0 aliphatic carbocycles. The van der Waals surface area contributed by atoms with E-state index in [1.165, 1.54) is 25.7 Å². The van der Waals surface area contributed by atoms with Crippen molar-refractivity contribution in [3.05, 3.63) is 17.7 Å². The molecule has 120 valence electrons. The van der Waals surface area contributed by atoms with E-state index in [1.807, 2.05) is 23.9 Å². The molecule has 0 bridgehead atoms. The van der Waals surface area contributed by atoms with Gasteiger partial charge < -0.3 is 14.2 Å². The predicted octanol–water partition coefficient (Wildman–Crippen LogP) is 4.91. The van der Waals surface area contributed by atoms with E-state index < -0.39 is 0 Å². The SMILES string of the molecule is CCCCCC(C)SCc1c(OC)cc(OC)cc1OC. The molecule has 0 fully saturated rings. The lowest BCUT2D eigenvalue weighted by Gasteiger charge is -2.17. The zero-order chi connectivity index (χ0) is 15.7. The first-order valence-electron chi connectivity index (χ1n) is 7.56. The first-order valence-corrected chi connectivity index (χ1v) is 8.61. The minimum Gasteiger partial charge on any atom is -0.496 e. The molecule has 21 heavy (non-hydrogen) atoms. The highest BCUT2D eigenvalue weighted by Crippen LogP contribution is 2.37. The molecule has 1 aromatic rings. The fraction of sp³-hybridized carbons (Fsp3) is 0.647. The van der Waals surface area contributed by atoms with Crippen molar-refractivity contribution in [2.24, 2.45) is 0 Å². The molecule has 3 nitrogen and oxygen atoms in total. The Labute approximate surface area is 133 Å². The molecule has 0 aliphatic heterocycles. The average Bonchev–Trinajstić information content (AvgIpc) is 2.52. The Kier molecular flexibility index (Phi) is 8.43. The highest BCUT2D eigenvalue weighted by Gasteiger charge is 2.14. The van der Waals surface area contributed by atoms with Gasteiger partial charge in [0.15, 0.2) is 0 Å². The fourth-order valence-electron chi connectivity index (χ4n) is 2.21. The molecule has 0 aliphatic rings. The molecule has 0 amide bonds. The van der Waals surface area contributed by atoms with Gasteiger partial charge >= 0.3 is 0 Å². The number of ether oxygens (including phenoxy) is 3. The summed E-state index contributed by atoms with van der Waals surface area (Å²) in [6.07, 6.45) is 5.17. The number of benzene rings is 1. The molecule has 4 heteroatoms. The Morgan fingerprint density at radius 3 is 2.10 bits per heavy atom. The van der Waals surface area contributed by atoms with Gasteiger partial charge in [-0.15, -0.1) is 0 Å². The maximum atomic E-state index is 5.49. The van der Waals surface area contributed by atoms with Crippen LogP contribution in [0.2, 0.25) is 0 Å². The van der Waals surface area contributed by atoms with Crippen molar-refractivity contribution in [1.82, 2.24) is 0 Å². The van der Waals surface area contributed by atoms with Gasteiger partial charge in [0.25, 0.3) is 0 Å². The van der Waals surface area contributed by atoms with Gasteiger partial charge in [-0.3, -0.25) is 0 Å². The second-order valence-corrected chi connectivity index (χ2v) is 6.55. The lowest BCUT2D eigenvalue weighted by molar-refractivity contribution is 0.371. The van der Waals surface area contributed by atoms with Crippen molar-refractivity contribution in [3.8, 4) is 17.2 Å². The summed E-state index contributed by atoms with van der Waals surface area (Å²) in [6.45, 7) is 4.54. The van der Waals surface area contributed by atoms with Crippen LogP contribution in [0.5, 0.6) is 17.2 Å². The third kappa shape index (κ3) is 5.70. The summed E-state index contributed by atoms with van der Waals surface area (Å²) in [5.74, 6) is 3.32. The molecule has 0 radical (unpaired) electrons. The molecule has 0 heterocycles. The molecule has 0 aromatic heterocycles. The van der Waals surface area contributed by atoms with E-state index in [1.54, 1.807) is 21.3 Å². The Balaban J connectivity index is 2.72. The highest BCUT2D eigenvalue weighted by atomic mass is 32.2. The number of rotatable bonds is 10. The lowest BCUT2D eigenvalue weighted by Crippen LogP contribution is -2.01. The molecule has 1 aromatic carbocycles. The molecular weight excluding hydrogens is 284 g/mol. The van der Waals surface area contributed by atoms with Gasteiger partial charge in [0.1, 0.15) is 17.2 Å². The predicted molar refractivity (Wildman–Crippen MR) is 91.0 cm³/mol. The summed E-state index contributed by atoms with van der Waals surface area (Å²) in [6, 6.07) is 3.83. The maximum absolute atomic E-state index is 5.49. The number of hydrogen-bond donors (Lipinski definition) is 0. The molecule has 1 unspecified atom stereocenters. The third-order valence-electron chi connectivity index (χ3n) is 3.54. The van der Waals surface area contributed by atoms with Gasteiger partial charge in [-0.2, -0.15) is 11.8 Å². The molecule has 0 saturated heterocycles. The van der Waals surface area contributed by atoms with Gasteiger partial charge in [0.05, 0.1) is 21.3 Å². The van der Waals surface area contributed by atoms with Crippen LogP contribution in [-0.4, -0.2) is 26.6 Å². The standard InChI is InChI=1S/C17H28O3S/c1-6-7-8-9-13(2)21-12-15-16(19-4)10-14(18-3)11-17(15)20-5/h10-11,13H,6-9,12H2,1-5H3. The Bertz CT molecular complexity index is 395. The van der Waals surface area contributed by atoms with Crippen LogP contribution in [0, 0.1) is 0 Å². The summed E-state index contributed by atoms with van der Waals surface area (Å²) < 4.78 is 16.3. The first kappa shape index (κ1) is 18.0. The van der Waals surface area contributed by atoms with Crippen LogP contribution in [0.15, 0.2) is 12.1 Å². The van der Waals surface area contributed by atoms with Crippen molar-refractivity contribution < 1.29 is 14.2 Å². The normalized spacial score (nSPS) is 12.0. The third-order valence-corrected chi connectivity index (χ3v) is 4.80. The van der Waals surface area contributed by atoms with Gasteiger partial charge in [-0.1, -0.05) is 33.1 Å². The van der Waals surface area contributed by atoms with Crippen molar-refractivity contribution in [2.45, 2.75) is 50.5 Å². The van der Waals surface area contributed by atoms with Crippen LogP contribution in [0.4, 0.5) is 0 Å². The van der Waals surface area contributed by atoms with E-state index in [-0.39, 0.29) is 0 Å². The maximum Gasteiger partial charge on any atom is 0.130 e. The van der Waals surface area contributed by atoms with Crippen LogP contribution in [-0.2, 0) is 5.75 Å². The Morgan fingerprint density at radius 1 is 1.00 bits per heavy atom. The number of unbranched alkanes of at least 4 members (excludes halogenated alkanes) is 2. The molecule has 0 saturated carbocycles. The molecule has 0 spiro atoms. The molecule has 1 rings (SSSR count). The highest BCUT2D eigenvalue weighted by molar-refractivity contribution is 7.99. The van der Waals surface area contributed by atoms with E-state index in [0.29, 0.717) is 5.25 Å². The summed E-state index contributed by atoms with van der Waals surface area (Å²) >= 11 is 1.95. The van der Waals surface area contributed by atoms with Crippen molar-refractivity contribution >= 4 is 11.8 Å². The van der Waals surface area contributed by atoms with E-state index in [4.69, 9.17) is 14.2 Å². The largest absolute Gasteiger partial charge is 0.496 e. The number of hydrogen-bond acceptors (Lipinski definition) is 4. The van der Waals surface area contributed by atoms with Crippen molar-refractivity contribution in [3.63, 3.8) is 0 Å². The summed E-state index contributed by atoms with van der Waals surface area (Å²) in [5, 5.41) is 0.646. The minimum atomic E-state index is 0.646. The van der Waals surface area contributed by atoms with Crippen LogP contribution in [0.3, 0.4) is 0 Å². The smallest absolute Gasteiger partial charge is 0.130 e. The second kappa shape index (κ2) is 9.82. The van der Waals surface area contributed by atoms with E-state index in [9.17, 15) is 0 Å². The van der Waals surface area contributed by atoms with Crippen LogP contribution in [0.25, 0.3) is 0 Å². The molecule has 1 atom stereocenters. The number of thioether (sulfide) groups is 1. The van der Waals surface area contributed by atoms with Gasteiger partial charge in [0, 0.05) is 28.7 Å². The lowest BCUT2D eigenvalue weighted by atomic mass is 10.2. The quantitative estimate of drug-likeness (QED) is 0.573. The van der Waals surface area contributed by atoms with Crippen molar-refractivity contribution in [1.29, 1.82) is 0 Å². The van der Waals surface area contributed by atoms with Gasteiger partial charge in [0.2, 0.25) is 0 Å². The fourth-order valence-corrected chi connectivity index (χ4v) is 3.28. The van der Waals surface area contributed by atoms with Gasteiger partial charge in [-0.25, -0.2) is 0 Å². The Morgan fingerprint density at radius 2 is 1.62 bits per heavy atom. The van der Waals surface area contributed by atoms with E-state index >= 15 is 0 Å². The topological polar surface area (TPSA) is 27.7 Å². The zero-order valence-corrected chi connectivity index (χ0v) is 14.7. The molecular formula is C17H28O3S. The summed E-state index contributed by atoms with van der Waals surface area (Å²) in [4.78, 5) is 0. The molecule has 0 N–H and O–H groups in total. The van der Waals surface area contributed by atoms with Crippen LogP contribution < -0.4 is 14.2 Å². The average molecular weight is 312 g/mol. The van der Waals surface area contributed by atoms with E-state index in [2.05, 4.69) is 13.8 Å². The first-order chi connectivity index (χ1) is 10.2. The Hall–Kier alpha value is -1.03. The summed E-state index contributed by atoms with van der Waals surface area (Å²) in [5.41, 5.74) is 1.10. The summed E-state index contributed by atoms with van der Waals surface area (Å²) in [7, 11) is 5.03. The number of methoxy groups -OCH3 is 3. The monoisotopic (exact) mass is 312 g/mol. The van der Waals surface area contributed by atoms with E-state index in [0.717, 1.165) is 28.6 Å². The van der Waals surface area contributed by atoms with Crippen molar-refractivity contribution in [2.75, 3.05) is 21.3 Å².